The highest BCUT2D eigenvalue weighted by atomic mass is 79.9. The molecule has 224 valence electrons. The molecular formula is C35H32BrN3O5. The van der Waals surface area contributed by atoms with E-state index in [0.29, 0.717) is 33.6 Å². The molecule has 0 aliphatic rings. The SMILES string of the molecule is CCOc1cc(C)c(-c2nc3ccccc3c(=O)n2N=Cc2ccc(OCc3cccc(C(=O)O)c3)c(Br)c2)cc1C(C)C. The highest BCUT2D eigenvalue weighted by molar-refractivity contribution is 9.10. The van der Waals surface area contributed by atoms with Crippen molar-refractivity contribution < 1.29 is 19.4 Å². The molecule has 9 heteroatoms. The highest BCUT2D eigenvalue weighted by Gasteiger charge is 2.18. The van der Waals surface area contributed by atoms with Gasteiger partial charge in [-0.2, -0.15) is 9.78 Å². The van der Waals surface area contributed by atoms with Crippen molar-refractivity contribution in [1.29, 1.82) is 0 Å². The number of para-hydroxylation sites is 1. The summed E-state index contributed by atoms with van der Waals surface area (Å²) in [6, 6.07) is 23.4. The first-order chi connectivity index (χ1) is 21.2. The number of ether oxygens (including phenoxy) is 2. The molecule has 1 aromatic heterocycles. The molecule has 1 N–H and O–H groups in total. The zero-order valence-electron chi connectivity index (χ0n) is 24.9. The lowest BCUT2D eigenvalue weighted by Gasteiger charge is -2.18. The molecule has 0 atom stereocenters. The number of carboxylic acids is 1. The van der Waals surface area contributed by atoms with E-state index in [4.69, 9.17) is 14.5 Å². The van der Waals surface area contributed by atoms with Gasteiger partial charge in [-0.05, 0) is 113 Å². The number of aromatic carboxylic acids is 1. The van der Waals surface area contributed by atoms with Crippen LogP contribution in [0.5, 0.6) is 11.5 Å². The quantitative estimate of drug-likeness (QED) is 0.154. The number of hydrogen-bond donors (Lipinski definition) is 1. The number of nitrogens with zero attached hydrogens (tertiary/aromatic N) is 3. The molecule has 8 nitrogen and oxygen atoms in total. The van der Waals surface area contributed by atoms with Gasteiger partial charge in [0.1, 0.15) is 18.1 Å². The number of aryl methyl sites for hydroxylation is 1. The second kappa shape index (κ2) is 13.3. The van der Waals surface area contributed by atoms with Gasteiger partial charge in [0.15, 0.2) is 5.82 Å². The predicted molar refractivity (Wildman–Crippen MR) is 176 cm³/mol. The first-order valence-corrected chi connectivity index (χ1v) is 15.0. The lowest BCUT2D eigenvalue weighted by molar-refractivity contribution is 0.0696. The van der Waals surface area contributed by atoms with E-state index < -0.39 is 5.97 Å². The minimum Gasteiger partial charge on any atom is -0.494 e. The number of carbonyl (C=O) groups is 1. The number of hydrogen-bond acceptors (Lipinski definition) is 6. The van der Waals surface area contributed by atoms with E-state index >= 15 is 0 Å². The topological polar surface area (TPSA) is 103 Å². The molecule has 5 rings (SSSR count). The van der Waals surface area contributed by atoms with Crippen LogP contribution in [0, 0.1) is 6.92 Å². The van der Waals surface area contributed by atoms with Crippen LogP contribution in [0.2, 0.25) is 0 Å². The molecule has 0 saturated heterocycles. The van der Waals surface area contributed by atoms with Crippen LogP contribution in [-0.4, -0.2) is 33.6 Å². The second-order valence-corrected chi connectivity index (χ2v) is 11.4. The Morgan fingerprint density at radius 1 is 1.02 bits per heavy atom. The van der Waals surface area contributed by atoms with Gasteiger partial charge in [-0.15, -0.1) is 0 Å². The number of fused-ring (bicyclic) bond motifs is 1. The van der Waals surface area contributed by atoms with Gasteiger partial charge in [-0.25, -0.2) is 9.78 Å². The van der Waals surface area contributed by atoms with Crippen molar-refractivity contribution in [1.82, 2.24) is 9.66 Å². The first kappa shape index (κ1) is 30.7. The normalized spacial score (nSPS) is 11.4. The number of rotatable bonds is 10. The van der Waals surface area contributed by atoms with E-state index in [-0.39, 0.29) is 23.6 Å². The van der Waals surface area contributed by atoms with E-state index in [0.717, 1.165) is 33.6 Å². The summed E-state index contributed by atoms with van der Waals surface area (Å²) in [4.78, 5) is 29.9. The van der Waals surface area contributed by atoms with Gasteiger partial charge in [0.25, 0.3) is 5.56 Å². The van der Waals surface area contributed by atoms with Crippen LogP contribution in [0.25, 0.3) is 22.3 Å². The van der Waals surface area contributed by atoms with E-state index in [2.05, 4.69) is 34.9 Å². The monoisotopic (exact) mass is 653 g/mol. The minimum absolute atomic E-state index is 0.194. The van der Waals surface area contributed by atoms with Crippen LogP contribution in [0.1, 0.15) is 59.3 Å². The molecule has 1 heterocycles. The summed E-state index contributed by atoms with van der Waals surface area (Å²) in [5, 5.41) is 14.3. The van der Waals surface area contributed by atoms with E-state index in [9.17, 15) is 14.7 Å². The Labute approximate surface area is 263 Å². The maximum Gasteiger partial charge on any atom is 0.335 e. The van der Waals surface area contributed by atoms with Crippen LogP contribution in [0.15, 0.2) is 93.2 Å². The minimum atomic E-state index is -0.987. The molecular weight excluding hydrogens is 622 g/mol. The van der Waals surface area contributed by atoms with Crippen molar-refractivity contribution >= 4 is 39.0 Å². The molecule has 0 radical (unpaired) electrons. The van der Waals surface area contributed by atoms with Gasteiger partial charge < -0.3 is 14.6 Å². The number of halogens is 1. The summed E-state index contributed by atoms with van der Waals surface area (Å²) in [6.45, 7) is 8.91. The van der Waals surface area contributed by atoms with E-state index in [1.807, 2.05) is 62.4 Å². The third-order valence-electron chi connectivity index (χ3n) is 7.12. The Hall–Kier alpha value is -4.76. The van der Waals surface area contributed by atoms with Crippen LogP contribution in [0.3, 0.4) is 0 Å². The van der Waals surface area contributed by atoms with Crippen LogP contribution >= 0.6 is 15.9 Å². The summed E-state index contributed by atoms with van der Waals surface area (Å²) in [5.41, 5.74) is 4.74. The number of benzene rings is 4. The van der Waals surface area contributed by atoms with Gasteiger partial charge in [0.2, 0.25) is 0 Å². The largest absolute Gasteiger partial charge is 0.494 e. The van der Waals surface area contributed by atoms with Gasteiger partial charge in [-0.1, -0.05) is 38.1 Å². The van der Waals surface area contributed by atoms with Crippen molar-refractivity contribution in [2.75, 3.05) is 6.61 Å². The summed E-state index contributed by atoms with van der Waals surface area (Å²) >= 11 is 3.56. The number of carboxylic acid groups (broad SMARTS) is 1. The third-order valence-corrected chi connectivity index (χ3v) is 7.74. The Morgan fingerprint density at radius 3 is 2.55 bits per heavy atom. The molecule has 0 aliphatic heterocycles. The predicted octanol–water partition coefficient (Wildman–Crippen LogP) is 7.82. The fraction of sp³-hybridized carbons (Fsp3) is 0.200. The van der Waals surface area contributed by atoms with Crippen molar-refractivity contribution in [2.24, 2.45) is 5.10 Å². The van der Waals surface area contributed by atoms with Crippen molar-refractivity contribution in [3.05, 3.63) is 122 Å². The lowest BCUT2D eigenvalue weighted by Crippen LogP contribution is -2.20. The van der Waals surface area contributed by atoms with Crippen LogP contribution < -0.4 is 15.0 Å². The second-order valence-electron chi connectivity index (χ2n) is 10.6. The Bertz CT molecular complexity index is 1950. The summed E-state index contributed by atoms with van der Waals surface area (Å²) in [7, 11) is 0. The molecule has 0 bridgehead atoms. The standard InChI is InChI=1S/C35H32BrN3O5/c1-5-43-32-15-22(4)28(18-27(32)21(2)3)33-38-30-12-7-6-11-26(30)34(40)39(33)37-19-23-13-14-31(29(36)17-23)44-20-24-9-8-10-25(16-24)35(41)42/h6-19,21H,5,20H2,1-4H3,(H,41,42). The zero-order chi connectivity index (χ0) is 31.4. The maximum atomic E-state index is 13.8. The average Bonchev–Trinajstić information content (AvgIpc) is 3.00. The van der Waals surface area contributed by atoms with Crippen molar-refractivity contribution in [2.45, 2.75) is 40.2 Å². The van der Waals surface area contributed by atoms with E-state index in [1.165, 1.54) is 10.7 Å². The first-order valence-electron chi connectivity index (χ1n) is 14.2. The Morgan fingerprint density at radius 2 is 1.82 bits per heavy atom. The Balaban J connectivity index is 1.51. The van der Waals surface area contributed by atoms with Crippen molar-refractivity contribution in [3.8, 4) is 22.9 Å². The summed E-state index contributed by atoms with van der Waals surface area (Å²) < 4.78 is 13.9. The molecule has 0 aliphatic carbocycles. The van der Waals surface area contributed by atoms with Crippen LogP contribution in [-0.2, 0) is 6.61 Å². The van der Waals surface area contributed by atoms with Crippen LogP contribution in [0.4, 0.5) is 0 Å². The highest BCUT2D eigenvalue weighted by Crippen LogP contribution is 2.34. The zero-order valence-corrected chi connectivity index (χ0v) is 26.5. The van der Waals surface area contributed by atoms with Gasteiger partial charge in [0, 0.05) is 5.56 Å². The molecule has 44 heavy (non-hydrogen) atoms. The summed E-state index contributed by atoms with van der Waals surface area (Å²) in [5.74, 6) is 1.05. The fourth-order valence-electron chi connectivity index (χ4n) is 4.87. The smallest absolute Gasteiger partial charge is 0.335 e. The maximum absolute atomic E-state index is 13.8. The summed E-state index contributed by atoms with van der Waals surface area (Å²) in [6.07, 6.45) is 1.61. The molecule has 0 saturated carbocycles. The fourth-order valence-corrected chi connectivity index (χ4v) is 5.38. The van der Waals surface area contributed by atoms with Gasteiger partial charge in [-0.3, -0.25) is 4.79 Å². The molecule has 0 unspecified atom stereocenters. The molecule has 0 fully saturated rings. The van der Waals surface area contributed by atoms with E-state index in [1.54, 1.807) is 30.5 Å². The lowest BCUT2D eigenvalue weighted by atomic mass is 9.96. The molecule has 0 amide bonds. The van der Waals surface area contributed by atoms with Gasteiger partial charge >= 0.3 is 5.97 Å². The third kappa shape index (κ3) is 6.58. The molecule has 5 aromatic rings. The molecule has 0 spiro atoms. The number of aromatic nitrogens is 2. The average molecular weight is 655 g/mol. The molecule has 4 aromatic carbocycles. The van der Waals surface area contributed by atoms with Gasteiger partial charge in [0.05, 0.1) is 33.8 Å². The Kier molecular flexibility index (Phi) is 9.25. The van der Waals surface area contributed by atoms with Crippen molar-refractivity contribution in [3.63, 3.8) is 0 Å².